The van der Waals surface area contributed by atoms with Gasteiger partial charge in [0, 0.05) is 17.5 Å². The van der Waals surface area contributed by atoms with E-state index in [1.54, 1.807) is 7.05 Å². The lowest BCUT2D eigenvalue weighted by atomic mass is 10.0. The summed E-state index contributed by atoms with van der Waals surface area (Å²) in [6.07, 6.45) is 0.0173. The zero-order valence-electron chi connectivity index (χ0n) is 10.4. The van der Waals surface area contributed by atoms with Crippen LogP contribution in [0, 0.1) is 11.6 Å². The van der Waals surface area contributed by atoms with E-state index in [-0.39, 0.29) is 6.23 Å². The third-order valence-corrected chi connectivity index (χ3v) is 3.32. The van der Waals surface area contributed by atoms with Gasteiger partial charge in [0.25, 0.3) is 0 Å². The first-order valence-corrected chi connectivity index (χ1v) is 6.11. The topological polar surface area (TPSA) is 21.3 Å². The molecule has 98 valence electrons. The molecule has 0 radical (unpaired) electrons. The fraction of sp³-hybridized carbons (Fsp3) is 0.200. The molecule has 0 spiro atoms. The molecule has 0 saturated carbocycles. The second kappa shape index (κ2) is 4.63. The zero-order valence-corrected chi connectivity index (χ0v) is 10.4. The van der Waals surface area contributed by atoms with Crippen molar-refractivity contribution in [1.82, 2.24) is 5.32 Å². The summed E-state index contributed by atoms with van der Waals surface area (Å²) in [7, 11) is 1.73. The smallest absolute Gasteiger partial charge is 0.165 e. The van der Waals surface area contributed by atoms with Crippen molar-refractivity contribution in [3.63, 3.8) is 0 Å². The number of likely N-dealkylation sites (N-methyl/N-ethyl adjacent to an activating group) is 1. The third-order valence-electron chi connectivity index (χ3n) is 3.32. The van der Waals surface area contributed by atoms with E-state index in [0.717, 1.165) is 5.56 Å². The lowest BCUT2D eigenvalue weighted by molar-refractivity contribution is 0.204. The molecule has 0 aliphatic carbocycles. The Morgan fingerprint density at radius 3 is 2.63 bits per heavy atom. The molecule has 1 unspecified atom stereocenters. The number of ether oxygens (including phenoxy) is 1. The van der Waals surface area contributed by atoms with Gasteiger partial charge in [-0.2, -0.15) is 0 Å². The maximum atomic E-state index is 13.8. The zero-order chi connectivity index (χ0) is 13.4. The van der Waals surface area contributed by atoms with Gasteiger partial charge in [0.15, 0.2) is 17.9 Å². The summed E-state index contributed by atoms with van der Waals surface area (Å²) in [6.45, 7) is 0. The summed E-state index contributed by atoms with van der Waals surface area (Å²) in [5.74, 6) is -1.21. The van der Waals surface area contributed by atoms with Crippen LogP contribution < -0.4 is 10.1 Å². The number of hydrogen-bond acceptors (Lipinski definition) is 2. The predicted octanol–water partition coefficient (Wildman–Crippen LogP) is 3.11. The van der Waals surface area contributed by atoms with Gasteiger partial charge in [-0.15, -0.1) is 0 Å². The Morgan fingerprint density at radius 2 is 1.95 bits per heavy atom. The standard InChI is InChI=1S/C15H13F2NO/c1-18-13-8-11-14(17)12(16)7-10(15(11)19-13)9-5-3-2-4-6-9/h2-7,13,18H,8H2,1H3. The Bertz CT molecular complexity index is 613. The molecule has 2 aromatic carbocycles. The van der Waals surface area contributed by atoms with Crippen molar-refractivity contribution in [3.8, 4) is 16.9 Å². The van der Waals surface area contributed by atoms with Crippen molar-refractivity contribution < 1.29 is 13.5 Å². The second-order valence-electron chi connectivity index (χ2n) is 4.49. The van der Waals surface area contributed by atoms with Crippen molar-refractivity contribution in [3.05, 3.63) is 53.6 Å². The second-order valence-corrected chi connectivity index (χ2v) is 4.49. The van der Waals surface area contributed by atoms with E-state index in [0.29, 0.717) is 23.3 Å². The Hall–Kier alpha value is -1.94. The van der Waals surface area contributed by atoms with Gasteiger partial charge in [-0.25, -0.2) is 8.78 Å². The van der Waals surface area contributed by atoms with Crippen molar-refractivity contribution in [2.75, 3.05) is 7.05 Å². The molecule has 2 nitrogen and oxygen atoms in total. The molecule has 1 aliphatic rings. The van der Waals surface area contributed by atoms with Gasteiger partial charge in [0.2, 0.25) is 0 Å². The molecule has 0 bridgehead atoms. The van der Waals surface area contributed by atoms with E-state index in [9.17, 15) is 8.78 Å². The van der Waals surface area contributed by atoms with E-state index in [4.69, 9.17) is 4.74 Å². The molecule has 0 amide bonds. The Balaban J connectivity index is 2.18. The van der Waals surface area contributed by atoms with E-state index >= 15 is 0 Å². The van der Waals surface area contributed by atoms with Crippen LogP contribution in [-0.4, -0.2) is 13.3 Å². The fourth-order valence-corrected chi connectivity index (χ4v) is 2.34. The van der Waals surface area contributed by atoms with Crippen LogP contribution in [-0.2, 0) is 6.42 Å². The Labute approximate surface area is 110 Å². The van der Waals surface area contributed by atoms with Gasteiger partial charge in [-0.3, -0.25) is 5.32 Å². The minimum absolute atomic E-state index is 0.304. The van der Waals surface area contributed by atoms with E-state index in [1.165, 1.54) is 6.07 Å². The highest BCUT2D eigenvalue weighted by atomic mass is 19.2. The largest absolute Gasteiger partial charge is 0.474 e. The normalized spacial score (nSPS) is 17.1. The SMILES string of the molecule is CNC1Cc2c(F)c(F)cc(-c3ccccc3)c2O1. The van der Waals surface area contributed by atoms with Crippen LogP contribution in [0.1, 0.15) is 5.56 Å². The third kappa shape index (κ3) is 1.98. The van der Waals surface area contributed by atoms with Gasteiger partial charge in [0.05, 0.1) is 0 Å². The summed E-state index contributed by atoms with van der Waals surface area (Å²) in [5, 5.41) is 2.92. The van der Waals surface area contributed by atoms with Crippen LogP contribution in [0.3, 0.4) is 0 Å². The summed E-state index contributed by atoms with van der Waals surface area (Å²) in [6, 6.07) is 10.5. The number of halogens is 2. The number of rotatable bonds is 2. The highest BCUT2D eigenvalue weighted by molar-refractivity contribution is 5.73. The maximum Gasteiger partial charge on any atom is 0.165 e. The van der Waals surface area contributed by atoms with Crippen molar-refractivity contribution >= 4 is 0 Å². The molecule has 1 heterocycles. The lowest BCUT2D eigenvalue weighted by Crippen LogP contribution is -2.29. The molecule has 0 aromatic heterocycles. The van der Waals surface area contributed by atoms with E-state index in [1.807, 2.05) is 30.3 Å². The van der Waals surface area contributed by atoms with E-state index < -0.39 is 11.6 Å². The Morgan fingerprint density at radius 1 is 1.21 bits per heavy atom. The van der Waals surface area contributed by atoms with Gasteiger partial charge in [-0.1, -0.05) is 30.3 Å². The molecule has 1 atom stereocenters. The first-order chi connectivity index (χ1) is 9.20. The summed E-state index contributed by atoms with van der Waals surface area (Å²) in [4.78, 5) is 0. The summed E-state index contributed by atoms with van der Waals surface area (Å²) < 4.78 is 33.2. The maximum absolute atomic E-state index is 13.8. The molecule has 0 saturated heterocycles. The molecule has 0 fully saturated rings. The molecular weight excluding hydrogens is 248 g/mol. The van der Waals surface area contributed by atoms with Crippen LogP contribution in [0.15, 0.2) is 36.4 Å². The van der Waals surface area contributed by atoms with Crippen molar-refractivity contribution in [2.24, 2.45) is 0 Å². The fourth-order valence-electron chi connectivity index (χ4n) is 2.34. The van der Waals surface area contributed by atoms with Gasteiger partial charge in [-0.05, 0) is 18.7 Å². The van der Waals surface area contributed by atoms with Crippen LogP contribution in [0.2, 0.25) is 0 Å². The quantitative estimate of drug-likeness (QED) is 0.896. The average molecular weight is 261 g/mol. The minimum atomic E-state index is -0.835. The molecule has 1 N–H and O–H groups in total. The highest BCUT2D eigenvalue weighted by Crippen LogP contribution is 2.40. The van der Waals surface area contributed by atoms with Gasteiger partial charge in [0.1, 0.15) is 5.75 Å². The molecule has 4 heteroatoms. The number of fused-ring (bicyclic) bond motifs is 1. The van der Waals surface area contributed by atoms with Crippen molar-refractivity contribution in [2.45, 2.75) is 12.6 Å². The Kier molecular flexibility index (Phi) is 2.95. The van der Waals surface area contributed by atoms with Crippen LogP contribution >= 0.6 is 0 Å². The lowest BCUT2D eigenvalue weighted by Gasteiger charge is -2.12. The molecule has 19 heavy (non-hydrogen) atoms. The first-order valence-electron chi connectivity index (χ1n) is 6.11. The summed E-state index contributed by atoms with van der Waals surface area (Å²) >= 11 is 0. The average Bonchev–Trinajstić information content (AvgIpc) is 2.88. The number of benzene rings is 2. The molecular formula is C15H13F2NO. The summed E-state index contributed by atoms with van der Waals surface area (Å²) in [5.41, 5.74) is 1.71. The minimum Gasteiger partial charge on any atom is -0.474 e. The predicted molar refractivity (Wildman–Crippen MR) is 69.0 cm³/mol. The van der Waals surface area contributed by atoms with Crippen LogP contribution in [0.5, 0.6) is 5.75 Å². The number of nitrogens with one attached hydrogen (secondary N) is 1. The monoisotopic (exact) mass is 261 g/mol. The molecule has 3 rings (SSSR count). The van der Waals surface area contributed by atoms with Crippen LogP contribution in [0.25, 0.3) is 11.1 Å². The van der Waals surface area contributed by atoms with Crippen molar-refractivity contribution in [1.29, 1.82) is 0 Å². The number of hydrogen-bond donors (Lipinski definition) is 1. The van der Waals surface area contributed by atoms with Gasteiger partial charge >= 0.3 is 0 Å². The molecule has 1 aliphatic heterocycles. The van der Waals surface area contributed by atoms with E-state index in [2.05, 4.69) is 5.32 Å². The first kappa shape index (κ1) is 12.1. The highest BCUT2D eigenvalue weighted by Gasteiger charge is 2.30. The van der Waals surface area contributed by atoms with Crippen LogP contribution in [0.4, 0.5) is 8.78 Å². The van der Waals surface area contributed by atoms with Gasteiger partial charge < -0.3 is 4.74 Å². The molecule has 2 aromatic rings.